The number of likely N-dealkylation sites (N-methyl/N-ethyl adjacent to an activating group) is 1. The van der Waals surface area contributed by atoms with Crippen LogP contribution in [0.1, 0.15) is 20.8 Å². The van der Waals surface area contributed by atoms with Gasteiger partial charge in [0.25, 0.3) is 5.69 Å². The highest BCUT2D eigenvalue weighted by molar-refractivity contribution is 6.33. The fourth-order valence-electron chi connectivity index (χ4n) is 1.99. The number of anilines is 1. The average molecular weight is 286 g/mol. The van der Waals surface area contributed by atoms with Gasteiger partial charge in [-0.3, -0.25) is 15.0 Å². The topological polar surface area (TPSA) is 58.4 Å². The molecule has 0 fully saturated rings. The number of nitrogens with zero attached hydrogens (tertiary/aromatic N) is 2. The summed E-state index contributed by atoms with van der Waals surface area (Å²) in [6.45, 7) is 9.12. The van der Waals surface area contributed by atoms with Gasteiger partial charge in [-0.05, 0) is 26.1 Å². The van der Waals surface area contributed by atoms with Crippen molar-refractivity contribution in [3.8, 4) is 0 Å². The van der Waals surface area contributed by atoms with Gasteiger partial charge in [-0.2, -0.15) is 0 Å². The number of benzene rings is 1. The lowest BCUT2D eigenvalue weighted by Gasteiger charge is -2.26. The van der Waals surface area contributed by atoms with E-state index >= 15 is 0 Å². The van der Waals surface area contributed by atoms with Crippen molar-refractivity contribution in [2.75, 3.05) is 25.0 Å². The SMILES string of the molecule is CCN(CC)C(C)CNc1ccc([N+](=O)[O-])cc1Cl. The van der Waals surface area contributed by atoms with E-state index in [1.807, 2.05) is 0 Å². The van der Waals surface area contributed by atoms with Crippen LogP contribution >= 0.6 is 11.6 Å². The zero-order chi connectivity index (χ0) is 14.4. The Morgan fingerprint density at radius 1 is 1.42 bits per heavy atom. The predicted octanol–water partition coefficient (Wildman–Crippen LogP) is 3.39. The smallest absolute Gasteiger partial charge is 0.271 e. The number of hydrogen-bond donors (Lipinski definition) is 1. The molecule has 6 heteroatoms. The number of hydrogen-bond acceptors (Lipinski definition) is 4. The van der Waals surface area contributed by atoms with Gasteiger partial charge in [0.1, 0.15) is 0 Å². The van der Waals surface area contributed by atoms with E-state index in [1.165, 1.54) is 12.1 Å². The van der Waals surface area contributed by atoms with Gasteiger partial charge in [0.05, 0.1) is 15.6 Å². The molecule has 1 aromatic rings. The summed E-state index contributed by atoms with van der Waals surface area (Å²) in [5.74, 6) is 0. The third-order valence-corrected chi connectivity index (χ3v) is 3.50. The molecule has 0 aliphatic heterocycles. The lowest BCUT2D eigenvalue weighted by Crippen LogP contribution is -2.37. The molecule has 0 aliphatic carbocycles. The molecule has 1 atom stereocenters. The Morgan fingerprint density at radius 3 is 2.53 bits per heavy atom. The maximum atomic E-state index is 10.6. The van der Waals surface area contributed by atoms with E-state index < -0.39 is 4.92 Å². The second-order valence-corrected chi connectivity index (χ2v) is 4.78. The quantitative estimate of drug-likeness (QED) is 0.616. The van der Waals surface area contributed by atoms with E-state index in [0.717, 1.165) is 25.3 Å². The average Bonchev–Trinajstić information content (AvgIpc) is 2.38. The molecule has 0 spiro atoms. The maximum absolute atomic E-state index is 10.6. The van der Waals surface area contributed by atoms with E-state index in [4.69, 9.17) is 11.6 Å². The highest BCUT2D eigenvalue weighted by atomic mass is 35.5. The van der Waals surface area contributed by atoms with Gasteiger partial charge in [-0.15, -0.1) is 0 Å². The van der Waals surface area contributed by atoms with Crippen molar-refractivity contribution in [1.29, 1.82) is 0 Å². The van der Waals surface area contributed by atoms with E-state index in [9.17, 15) is 10.1 Å². The van der Waals surface area contributed by atoms with Crippen molar-refractivity contribution in [2.45, 2.75) is 26.8 Å². The second-order valence-electron chi connectivity index (χ2n) is 4.37. The molecule has 1 rings (SSSR count). The first-order valence-corrected chi connectivity index (χ1v) is 6.79. The van der Waals surface area contributed by atoms with Crippen molar-refractivity contribution in [3.63, 3.8) is 0 Å². The molecule has 1 aromatic carbocycles. The van der Waals surface area contributed by atoms with E-state index in [2.05, 4.69) is 31.0 Å². The standard InChI is InChI=1S/C13H20ClN3O2/c1-4-16(5-2)10(3)9-15-13-7-6-11(17(18)19)8-12(13)14/h6-8,10,15H,4-5,9H2,1-3H3. The van der Waals surface area contributed by atoms with Gasteiger partial charge in [-0.25, -0.2) is 0 Å². The van der Waals surface area contributed by atoms with Crippen LogP contribution in [0.15, 0.2) is 18.2 Å². The van der Waals surface area contributed by atoms with Crippen molar-refractivity contribution in [1.82, 2.24) is 4.90 Å². The summed E-state index contributed by atoms with van der Waals surface area (Å²) in [4.78, 5) is 12.5. The van der Waals surface area contributed by atoms with Crippen LogP contribution in [0.5, 0.6) is 0 Å². The minimum absolute atomic E-state index is 0.00680. The highest BCUT2D eigenvalue weighted by Crippen LogP contribution is 2.26. The predicted molar refractivity (Wildman–Crippen MR) is 79.0 cm³/mol. The Labute approximate surface area is 118 Å². The monoisotopic (exact) mass is 285 g/mol. The first-order valence-electron chi connectivity index (χ1n) is 6.41. The van der Waals surface area contributed by atoms with Crippen LogP contribution in [0.2, 0.25) is 5.02 Å². The van der Waals surface area contributed by atoms with Crippen molar-refractivity contribution in [3.05, 3.63) is 33.3 Å². The lowest BCUT2D eigenvalue weighted by atomic mass is 10.2. The molecule has 19 heavy (non-hydrogen) atoms. The molecule has 0 aromatic heterocycles. The summed E-state index contributed by atoms with van der Waals surface area (Å²) in [6, 6.07) is 4.85. The number of nitro benzene ring substituents is 1. The maximum Gasteiger partial charge on any atom is 0.271 e. The Kier molecular flexibility index (Phi) is 6.05. The third-order valence-electron chi connectivity index (χ3n) is 3.19. The highest BCUT2D eigenvalue weighted by Gasteiger charge is 2.12. The van der Waals surface area contributed by atoms with Crippen LogP contribution < -0.4 is 5.32 Å². The Balaban J connectivity index is 2.65. The largest absolute Gasteiger partial charge is 0.382 e. The zero-order valence-corrected chi connectivity index (χ0v) is 12.3. The number of non-ortho nitro benzene ring substituents is 1. The van der Waals surface area contributed by atoms with Crippen LogP contribution in [-0.2, 0) is 0 Å². The molecule has 1 unspecified atom stereocenters. The first-order chi connectivity index (χ1) is 8.99. The lowest BCUT2D eigenvalue weighted by molar-refractivity contribution is -0.384. The molecule has 5 nitrogen and oxygen atoms in total. The number of nitrogens with one attached hydrogen (secondary N) is 1. The molecule has 0 saturated heterocycles. The van der Waals surface area contributed by atoms with Crippen molar-refractivity contribution < 1.29 is 4.92 Å². The molecule has 0 bridgehead atoms. The molecule has 0 amide bonds. The zero-order valence-electron chi connectivity index (χ0n) is 11.5. The van der Waals surface area contributed by atoms with E-state index in [1.54, 1.807) is 6.07 Å². The third kappa shape index (κ3) is 4.36. The van der Waals surface area contributed by atoms with Gasteiger partial charge in [0.2, 0.25) is 0 Å². The molecule has 0 aliphatic rings. The van der Waals surface area contributed by atoms with Crippen molar-refractivity contribution >= 4 is 23.0 Å². The molecular formula is C13H20ClN3O2. The molecule has 1 N–H and O–H groups in total. The van der Waals surface area contributed by atoms with Crippen LogP contribution in [0.25, 0.3) is 0 Å². The van der Waals surface area contributed by atoms with Crippen LogP contribution in [-0.4, -0.2) is 35.5 Å². The van der Waals surface area contributed by atoms with Crippen LogP contribution in [0.4, 0.5) is 11.4 Å². The van der Waals surface area contributed by atoms with Crippen LogP contribution in [0.3, 0.4) is 0 Å². The normalized spacial score (nSPS) is 12.5. The summed E-state index contributed by atoms with van der Waals surface area (Å²) in [5, 5.41) is 14.2. The van der Waals surface area contributed by atoms with Gasteiger partial charge in [0, 0.05) is 24.7 Å². The van der Waals surface area contributed by atoms with E-state index in [0.29, 0.717) is 11.1 Å². The first kappa shape index (κ1) is 15.7. The number of halogens is 1. The Bertz CT molecular complexity index is 436. The summed E-state index contributed by atoms with van der Waals surface area (Å²) in [6.07, 6.45) is 0. The summed E-state index contributed by atoms with van der Waals surface area (Å²) in [5.41, 5.74) is 0.735. The van der Waals surface area contributed by atoms with Gasteiger partial charge < -0.3 is 5.32 Å². The second kappa shape index (κ2) is 7.31. The van der Waals surface area contributed by atoms with Gasteiger partial charge in [-0.1, -0.05) is 25.4 Å². The fourth-order valence-corrected chi connectivity index (χ4v) is 2.24. The number of nitro groups is 1. The fraction of sp³-hybridized carbons (Fsp3) is 0.538. The molecular weight excluding hydrogens is 266 g/mol. The minimum atomic E-state index is -0.450. The summed E-state index contributed by atoms with van der Waals surface area (Å²) >= 11 is 6.02. The molecule has 0 radical (unpaired) electrons. The Hall–Kier alpha value is -1.33. The molecule has 0 heterocycles. The minimum Gasteiger partial charge on any atom is -0.382 e. The van der Waals surface area contributed by atoms with E-state index in [-0.39, 0.29) is 5.69 Å². The summed E-state index contributed by atoms with van der Waals surface area (Å²) in [7, 11) is 0. The van der Waals surface area contributed by atoms with Gasteiger partial charge in [0.15, 0.2) is 0 Å². The Morgan fingerprint density at radius 2 is 2.05 bits per heavy atom. The molecule has 106 valence electrons. The van der Waals surface area contributed by atoms with Crippen LogP contribution in [0, 0.1) is 10.1 Å². The molecule has 0 saturated carbocycles. The van der Waals surface area contributed by atoms with Gasteiger partial charge >= 0.3 is 0 Å². The summed E-state index contributed by atoms with van der Waals surface area (Å²) < 4.78 is 0. The number of rotatable bonds is 7. The van der Waals surface area contributed by atoms with Crippen molar-refractivity contribution in [2.24, 2.45) is 0 Å².